The fourth-order valence-corrected chi connectivity index (χ4v) is 2.02. The summed E-state index contributed by atoms with van der Waals surface area (Å²) in [6.07, 6.45) is 0.716. The Kier molecular flexibility index (Phi) is 3.57. The third-order valence-corrected chi connectivity index (χ3v) is 3.45. The molecule has 0 aliphatic carbocycles. The molecule has 102 valence electrons. The molecule has 0 saturated carbocycles. The van der Waals surface area contributed by atoms with Gasteiger partial charge in [-0.2, -0.15) is 0 Å². The van der Waals surface area contributed by atoms with Crippen LogP contribution in [0.4, 0.5) is 5.69 Å². The fraction of sp³-hybridized carbons (Fsp3) is 0.429. The van der Waals surface area contributed by atoms with Crippen molar-refractivity contribution in [3.63, 3.8) is 0 Å². The lowest BCUT2D eigenvalue weighted by molar-refractivity contribution is -0.122. The number of rotatable bonds is 4. The van der Waals surface area contributed by atoms with Crippen molar-refractivity contribution in [1.29, 1.82) is 0 Å². The molecule has 19 heavy (non-hydrogen) atoms. The van der Waals surface area contributed by atoms with Gasteiger partial charge in [0.05, 0.1) is 12.2 Å². The van der Waals surface area contributed by atoms with Crippen LogP contribution in [-0.2, 0) is 15.0 Å². The molecule has 0 spiro atoms. The van der Waals surface area contributed by atoms with Gasteiger partial charge in [-0.3, -0.25) is 9.69 Å². The molecule has 1 heterocycles. The molecule has 1 amide bonds. The van der Waals surface area contributed by atoms with E-state index in [-0.39, 0.29) is 24.5 Å². The van der Waals surface area contributed by atoms with Gasteiger partial charge in [-0.25, -0.2) is 0 Å². The molecule has 0 saturated heterocycles. The Morgan fingerprint density at radius 1 is 1.47 bits per heavy atom. The van der Waals surface area contributed by atoms with Crippen LogP contribution in [0.5, 0.6) is 5.75 Å². The molecule has 0 fully saturated rings. The molecule has 0 unspecified atom stereocenters. The first-order valence-corrected chi connectivity index (χ1v) is 6.21. The first-order chi connectivity index (χ1) is 8.99. The van der Waals surface area contributed by atoms with Gasteiger partial charge < -0.3 is 15.3 Å². The molecule has 0 atom stereocenters. The summed E-state index contributed by atoms with van der Waals surface area (Å²) < 4.78 is 5.38. The van der Waals surface area contributed by atoms with E-state index in [1.54, 1.807) is 0 Å². The Hall–Kier alpha value is -1.88. The standard InChI is InChI=1S/C14H18N2O3/c1-14(2,9-15)10-3-4-12-11(7-10)16(5-6-17)13(18)8-19-12/h3-4,6-7H,5,8-9,15H2,1-2H3. The van der Waals surface area contributed by atoms with Crippen molar-refractivity contribution in [2.45, 2.75) is 19.3 Å². The maximum Gasteiger partial charge on any atom is 0.265 e. The third-order valence-electron chi connectivity index (χ3n) is 3.45. The highest BCUT2D eigenvalue weighted by Gasteiger charge is 2.27. The molecule has 2 rings (SSSR count). The van der Waals surface area contributed by atoms with E-state index in [1.165, 1.54) is 4.90 Å². The number of nitrogens with two attached hydrogens (primary N) is 1. The van der Waals surface area contributed by atoms with Crippen molar-refractivity contribution < 1.29 is 14.3 Å². The van der Waals surface area contributed by atoms with E-state index in [2.05, 4.69) is 0 Å². The SMILES string of the molecule is CC(C)(CN)c1ccc2c(c1)N(CC=O)C(=O)CO2. The van der Waals surface area contributed by atoms with Crippen molar-refractivity contribution in [3.8, 4) is 5.75 Å². The smallest absolute Gasteiger partial charge is 0.265 e. The van der Waals surface area contributed by atoms with Gasteiger partial charge >= 0.3 is 0 Å². The maximum absolute atomic E-state index is 11.8. The summed E-state index contributed by atoms with van der Waals surface area (Å²) in [5.74, 6) is 0.417. The molecule has 0 radical (unpaired) electrons. The van der Waals surface area contributed by atoms with Crippen molar-refractivity contribution in [3.05, 3.63) is 23.8 Å². The summed E-state index contributed by atoms with van der Waals surface area (Å²) in [6, 6.07) is 5.65. The number of hydrogen-bond donors (Lipinski definition) is 1. The Morgan fingerprint density at radius 2 is 2.21 bits per heavy atom. The van der Waals surface area contributed by atoms with Crippen molar-refractivity contribution >= 4 is 17.9 Å². The Morgan fingerprint density at radius 3 is 2.84 bits per heavy atom. The molecule has 1 aromatic rings. The van der Waals surface area contributed by atoms with Crippen LogP contribution in [-0.4, -0.2) is 31.9 Å². The zero-order chi connectivity index (χ0) is 14.0. The lowest BCUT2D eigenvalue weighted by Gasteiger charge is -2.31. The van der Waals surface area contributed by atoms with Gasteiger partial charge in [0, 0.05) is 12.0 Å². The summed E-state index contributed by atoms with van der Waals surface area (Å²) in [5, 5.41) is 0. The number of hydrogen-bond acceptors (Lipinski definition) is 4. The van der Waals surface area contributed by atoms with Crippen LogP contribution in [0.3, 0.4) is 0 Å². The van der Waals surface area contributed by atoms with E-state index < -0.39 is 0 Å². The van der Waals surface area contributed by atoms with Gasteiger partial charge in [-0.15, -0.1) is 0 Å². The summed E-state index contributed by atoms with van der Waals surface area (Å²) in [7, 11) is 0. The molecule has 0 bridgehead atoms. The number of carbonyl (C=O) groups excluding carboxylic acids is 2. The van der Waals surface area contributed by atoms with Crippen LogP contribution < -0.4 is 15.4 Å². The zero-order valence-electron chi connectivity index (χ0n) is 11.2. The number of nitrogens with zero attached hydrogens (tertiary/aromatic N) is 1. The van der Waals surface area contributed by atoms with Gasteiger partial charge in [0.2, 0.25) is 0 Å². The van der Waals surface area contributed by atoms with Gasteiger partial charge in [0.1, 0.15) is 12.0 Å². The van der Waals surface area contributed by atoms with Gasteiger partial charge in [-0.05, 0) is 17.7 Å². The second kappa shape index (κ2) is 5.01. The Labute approximate surface area is 112 Å². The summed E-state index contributed by atoms with van der Waals surface area (Å²) in [5.41, 5.74) is 7.23. The van der Waals surface area contributed by atoms with Gasteiger partial charge in [-0.1, -0.05) is 19.9 Å². The minimum absolute atomic E-state index is 0.0273. The van der Waals surface area contributed by atoms with E-state index in [4.69, 9.17) is 10.5 Å². The molecule has 1 aliphatic heterocycles. The van der Waals surface area contributed by atoms with Gasteiger partial charge in [0.15, 0.2) is 6.61 Å². The van der Waals surface area contributed by atoms with Crippen molar-refractivity contribution in [1.82, 2.24) is 0 Å². The quantitative estimate of drug-likeness (QED) is 0.816. The van der Waals surface area contributed by atoms with Crippen LogP contribution in [0, 0.1) is 0 Å². The van der Waals surface area contributed by atoms with Crippen LogP contribution in [0.1, 0.15) is 19.4 Å². The predicted octanol–water partition coefficient (Wildman–Crippen LogP) is 0.847. The van der Waals surface area contributed by atoms with Crippen LogP contribution in [0.2, 0.25) is 0 Å². The molecule has 5 heteroatoms. The highest BCUT2D eigenvalue weighted by atomic mass is 16.5. The maximum atomic E-state index is 11.8. The fourth-order valence-electron chi connectivity index (χ4n) is 2.02. The van der Waals surface area contributed by atoms with Gasteiger partial charge in [0.25, 0.3) is 5.91 Å². The Balaban J connectivity index is 2.47. The highest BCUT2D eigenvalue weighted by Crippen LogP contribution is 2.35. The highest BCUT2D eigenvalue weighted by molar-refractivity contribution is 6.00. The van der Waals surface area contributed by atoms with Crippen molar-refractivity contribution in [2.75, 3.05) is 24.6 Å². The third kappa shape index (κ3) is 2.46. The molecular formula is C14H18N2O3. The first-order valence-electron chi connectivity index (χ1n) is 6.21. The lowest BCUT2D eigenvalue weighted by Crippen LogP contribution is -2.40. The minimum Gasteiger partial charge on any atom is -0.482 e. The lowest BCUT2D eigenvalue weighted by atomic mass is 9.84. The monoisotopic (exact) mass is 262 g/mol. The second-order valence-electron chi connectivity index (χ2n) is 5.23. The molecule has 2 N–H and O–H groups in total. The second-order valence-corrected chi connectivity index (χ2v) is 5.23. The van der Waals surface area contributed by atoms with E-state index in [9.17, 15) is 9.59 Å². The minimum atomic E-state index is -0.206. The van der Waals surface area contributed by atoms with E-state index >= 15 is 0 Å². The molecule has 1 aliphatic rings. The zero-order valence-corrected chi connectivity index (χ0v) is 11.2. The average molecular weight is 262 g/mol. The van der Waals surface area contributed by atoms with Crippen molar-refractivity contribution in [2.24, 2.45) is 5.73 Å². The number of benzene rings is 1. The first kappa shape index (κ1) is 13.5. The average Bonchev–Trinajstić information content (AvgIpc) is 2.41. The number of carbonyl (C=O) groups is 2. The summed E-state index contributed by atoms with van der Waals surface area (Å²) in [6.45, 7) is 4.57. The number of fused-ring (bicyclic) bond motifs is 1. The normalized spacial score (nSPS) is 14.9. The summed E-state index contributed by atoms with van der Waals surface area (Å²) in [4.78, 5) is 24.0. The number of ether oxygens (including phenoxy) is 1. The topological polar surface area (TPSA) is 72.6 Å². The predicted molar refractivity (Wildman–Crippen MR) is 72.4 cm³/mol. The van der Waals surface area contributed by atoms with Crippen LogP contribution >= 0.6 is 0 Å². The molecular weight excluding hydrogens is 244 g/mol. The number of anilines is 1. The van der Waals surface area contributed by atoms with Crippen LogP contribution in [0.25, 0.3) is 0 Å². The largest absolute Gasteiger partial charge is 0.482 e. The molecule has 1 aromatic carbocycles. The number of amides is 1. The van der Waals surface area contributed by atoms with E-state index in [1.807, 2.05) is 32.0 Å². The number of aldehydes is 1. The Bertz CT molecular complexity index is 511. The van der Waals surface area contributed by atoms with E-state index in [0.29, 0.717) is 24.3 Å². The molecule has 5 nitrogen and oxygen atoms in total. The summed E-state index contributed by atoms with van der Waals surface area (Å²) >= 11 is 0. The van der Waals surface area contributed by atoms with Crippen LogP contribution in [0.15, 0.2) is 18.2 Å². The molecule has 0 aromatic heterocycles. The van der Waals surface area contributed by atoms with E-state index in [0.717, 1.165) is 5.56 Å².